The van der Waals surface area contributed by atoms with Gasteiger partial charge in [0.1, 0.15) is 11.6 Å². The average Bonchev–Trinajstić information content (AvgIpc) is 2.28. The number of hydrogen-bond donors (Lipinski definition) is 1. The second-order valence-corrected chi connectivity index (χ2v) is 5.66. The van der Waals surface area contributed by atoms with Crippen molar-refractivity contribution in [1.29, 1.82) is 0 Å². The molecule has 1 N–H and O–H groups in total. The molecule has 1 aromatic rings. The summed E-state index contributed by atoms with van der Waals surface area (Å²) in [6, 6.07) is 3.66. The fourth-order valence-corrected chi connectivity index (χ4v) is 2.24. The molecule has 0 bridgehead atoms. The Bertz CT molecular complexity index is 493. The Morgan fingerprint density at radius 3 is 2.29 bits per heavy atom. The van der Waals surface area contributed by atoms with Gasteiger partial charge in [0.15, 0.2) is 5.60 Å². The summed E-state index contributed by atoms with van der Waals surface area (Å²) < 4.78 is 57.1. The van der Waals surface area contributed by atoms with E-state index in [1.54, 1.807) is 6.92 Å². The lowest BCUT2D eigenvalue weighted by Gasteiger charge is -2.36. The van der Waals surface area contributed by atoms with Gasteiger partial charge in [0.05, 0.1) is 6.61 Å². The third-order valence-electron chi connectivity index (χ3n) is 3.23. The Hall–Kier alpha value is -1.30. The molecule has 0 aliphatic heterocycles. The van der Waals surface area contributed by atoms with Gasteiger partial charge in [0.2, 0.25) is 0 Å². The van der Waals surface area contributed by atoms with Crippen molar-refractivity contribution < 1.29 is 27.4 Å². The van der Waals surface area contributed by atoms with Crippen LogP contribution in [0.1, 0.15) is 32.8 Å². The molecule has 1 atom stereocenters. The van der Waals surface area contributed by atoms with E-state index in [9.17, 15) is 22.7 Å². The summed E-state index contributed by atoms with van der Waals surface area (Å²) in [5.41, 5.74) is -4.04. The van der Waals surface area contributed by atoms with Crippen molar-refractivity contribution in [2.45, 2.75) is 44.4 Å². The van der Waals surface area contributed by atoms with Crippen LogP contribution < -0.4 is 4.74 Å². The van der Waals surface area contributed by atoms with E-state index in [1.165, 1.54) is 26.0 Å². The molecule has 0 fully saturated rings. The second-order valence-electron chi connectivity index (χ2n) is 5.66. The molecular weight excluding hydrogens is 288 g/mol. The van der Waals surface area contributed by atoms with Gasteiger partial charge in [-0.25, -0.2) is 4.39 Å². The average molecular weight is 307 g/mol. The highest BCUT2D eigenvalue weighted by Crippen LogP contribution is 2.43. The van der Waals surface area contributed by atoms with Gasteiger partial charge in [-0.3, -0.25) is 0 Å². The van der Waals surface area contributed by atoms with Gasteiger partial charge in [0, 0.05) is 5.56 Å². The highest BCUT2D eigenvalue weighted by atomic mass is 19.4. The molecule has 0 heterocycles. The molecule has 1 rings (SSSR count). The second kappa shape index (κ2) is 5.83. The Morgan fingerprint density at radius 2 is 1.81 bits per heavy atom. The predicted molar refractivity (Wildman–Crippen MR) is 71.6 cm³/mol. The van der Waals surface area contributed by atoms with Gasteiger partial charge in [-0.2, -0.15) is 13.2 Å². The lowest BCUT2D eigenvalue weighted by molar-refractivity contribution is -0.247. The molecule has 21 heavy (non-hydrogen) atoms. The van der Waals surface area contributed by atoms with E-state index in [1.807, 2.05) is 0 Å². The summed E-state index contributed by atoms with van der Waals surface area (Å²) >= 11 is 0. The van der Waals surface area contributed by atoms with E-state index in [-0.39, 0.29) is 5.56 Å². The smallest absolute Gasteiger partial charge is 0.417 e. The third-order valence-corrected chi connectivity index (χ3v) is 3.23. The molecule has 0 aromatic heterocycles. The summed E-state index contributed by atoms with van der Waals surface area (Å²) in [5.74, 6) is -0.289. The number of benzene rings is 1. The third kappa shape index (κ3) is 4.09. The summed E-state index contributed by atoms with van der Waals surface area (Å²) in [7, 11) is 0. The van der Waals surface area contributed by atoms with Crippen molar-refractivity contribution in [2.24, 2.45) is 0 Å². The summed E-state index contributed by atoms with van der Waals surface area (Å²) in [6.07, 6.45) is -5.59. The van der Waals surface area contributed by atoms with Crippen molar-refractivity contribution in [3.05, 3.63) is 36.5 Å². The van der Waals surface area contributed by atoms with Crippen molar-refractivity contribution in [3.8, 4) is 5.75 Å². The molecule has 0 aliphatic carbocycles. The number of rotatable bonds is 5. The zero-order valence-electron chi connectivity index (χ0n) is 12.2. The molecule has 0 amide bonds. The monoisotopic (exact) mass is 307 g/mol. The normalized spacial score (nSPS) is 15.7. The Balaban J connectivity index is 3.21. The molecule has 1 aromatic carbocycles. The maximum atomic E-state index is 13.4. The van der Waals surface area contributed by atoms with Crippen LogP contribution in [0.4, 0.5) is 17.6 Å². The standard InChI is InChI=1S/C15H19F4O2/c1-5-21-12-7-6-10(16)8-11(12)13(2,3)9-14(4,20)15(17,18)19/h6-8,20H,4-5,9H2,1-3H3. The van der Waals surface area contributed by atoms with Crippen LogP contribution in [0.25, 0.3) is 0 Å². The van der Waals surface area contributed by atoms with Crippen LogP contribution in [0.5, 0.6) is 5.75 Å². The van der Waals surface area contributed by atoms with E-state index in [0.29, 0.717) is 12.4 Å². The molecule has 0 spiro atoms. The van der Waals surface area contributed by atoms with E-state index < -0.39 is 29.4 Å². The lowest BCUT2D eigenvalue weighted by Crippen LogP contribution is -2.46. The zero-order chi connectivity index (χ0) is 16.5. The highest BCUT2D eigenvalue weighted by molar-refractivity contribution is 5.40. The summed E-state index contributed by atoms with van der Waals surface area (Å²) in [6.45, 7) is 7.81. The minimum Gasteiger partial charge on any atom is -0.494 e. The van der Waals surface area contributed by atoms with Gasteiger partial charge in [-0.15, -0.1) is 0 Å². The predicted octanol–water partition coefficient (Wildman–Crippen LogP) is 4.02. The number of alkyl halides is 3. The molecule has 2 nitrogen and oxygen atoms in total. The number of ether oxygens (including phenoxy) is 1. The van der Waals surface area contributed by atoms with Crippen LogP contribution in [0.2, 0.25) is 0 Å². The first kappa shape index (κ1) is 17.8. The molecular formula is C15H19F4O2. The largest absolute Gasteiger partial charge is 0.494 e. The topological polar surface area (TPSA) is 29.5 Å². The van der Waals surface area contributed by atoms with Crippen LogP contribution in [-0.2, 0) is 5.41 Å². The minimum absolute atomic E-state index is 0.260. The fraction of sp³-hybridized carbons (Fsp3) is 0.533. The van der Waals surface area contributed by atoms with Gasteiger partial charge in [-0.1, -0.05) is 13.8 Å². The molecule has 6 heteroatoms. The van der Waals surface area contributed by atoms with Crippen LogP contribution in [0.15, 0.2) is 18.2 Å². The Kier molecular flexibility index (Phi) is 4.93. The van der Waals surface area contributed by atoms with Crippen LogP contribution >= 0.6 is 0 Å². The summed E-state index contributed by atoms with van der Waals surface area (Å²) in [5, 5.41) is 9.57. The molecule has 0 saturated heterocycles. The van der Waals surface area contributed by atoms with Crippen LogP contribution in [0, 0.1) is 12.7 Å². The fourth-order valence-electron chi connectivity index (χ4n) is 2.24. The molecule has 1 unspecified atom stereocenters. The van der Waals surface area contributed by atoms with E-state index in [0.717, 1.165) is 6.07 Å². The Labute approximate surface area is 121 Å². The van der Waals surface area contributed by atoms with Gasteiger partial charge in [-0.05, 0) is 43.9 Å². The molecule has 1 radical (unpaired) electrons. The Morgan fingerprint density at radius 1 is 1.24 bits per heavy atom. The van der Waals surface area contributed by atoms with E-state index in [2.05, 4.69) is 6.92 Å². The van der Waals surface area contributed by atoms with Crippen molar-refractivity contribution in [2.75, 3.05) is 6.61 Å². The number of hydrogen-bond acceptors (Lipinski definition) is 2. The molecule has 0 saturated carbocycles. The molecule has 0 aliphatic rings. The quantitative estimate of drug-likeness (QED) is 0.833. The minimum atomic E-state index is -4.87. The first-order chi connectivity index (χ1) is 9.40. The SMILES string of the molecule is [CH2]C(O)(CC(C)(C)c1cc(F)ccc1OCC)C(F)(F)F. The van der Waals surface area contributed by atoms with Crippen molar-refractivity contribution in [3.63, 3.8) is 0 Å². The van der Waals surface area contributed by atoms with Gasteiger partial charge < -0.3 is 9.84 Å². The van der Waals surface area contributed by atoms with E-state index in [4.69, 9.17) is 4.74 Å². The number of halogens is 4. The van der Waals surface area contributed by atoms with Crippen molar-refractivity contribution >= 4 is 0 Å². The number of aliphatic hydroxyl groups is 1. The maximum Gasteiger partial charge on any atom is 0.417 e. The highest BCUT2D eigenvalue weighted by Gasteiger charge is 2.52. The molecule has 119 valence electrons. The van der Waals surface area contributed by atoms with Crippen molar-refractivity contribution in [1.82, 2.24) is 0 Å². The van der Waals surface area contributed by atoms with Gasteiger partial charge in [0.25, 0.3) is 0 Å². The lowest BCUT2D eigenvalue weighted by atomic mass is 9.75. The zero-order valence-corrected chi connectivity index (χ0v) is 12.2. The first-order valence-electron chi connectivity index (χ1n) is 6.48. The maximum absolute atomic E-state index is 13.4. The van der Waals surface area contributed by atoms with E-state index >= 15 is 0 Å². The van der Waals surface area contributed by atoms with Crippen LogP contribution in [-0.4, -0.2) is 23.5 Å². The first-order valence-corrected chi connectivity index (χ1v) is 6.48. The van der Waals surface area contributed by atoms with Gasteiger partial charge >= 0.3 is 6.18 Å². The van der Waals surface area contributed by atoms with Crippen LogP contribution in [0.3, 0.4) is 0 Å². The summed E-state index contributed by atoms with van der Waals surface area (Å²) in [4.78, 5) is 0.